The van der Waals surface area contributed by atoms with Crippen LogP contribution in [0.3, 0.4) is 0 Å². The van der Waals surface area contributed by atoms with Crippen molar-refractivity contribution in [3.63, 3.8) is 0 Å². The van der Waals surface area contributed by atoms with Crippen molar-refractivity contribution in [2.75, 3.05) is 0 Å². The van der Waals surface area contributed by atoms with Crippen LogP contribution in [0.5, 0.6) is 0 Å². The van der Waals surface area contributed by atoms with E-state index in [0.29, 0.717) is 0 Å². The van der Waals surface area contributed by atoms with Gasteiger partial charge >= 0.3 is 29.2 Å². The Morgan fingerprint density at radius 1 is 1.31 bits per heavy atom. The van der Waals surface area contributed by atoms with Gasteiger partial charge in [0.15, 0.2) is 0 Å². The van der Waals surface area contributed by atoms with E-state index in [-0.39, 0.29) is 45.1 Å². The van der Waals surface area contributed by atoms with Gasteiger partial charge in [-0.15, -0.1) is 17.7 Å². The molecule has 1 aromatic rings. The van der Waals surface area contributed by atoms with Gasteiger partial charge in [-0.25, -0.2) is 0 Å². The van der Waals surface area contributed by atoms with Gasteiger partial charge in [-0.3, -0.25) is 0 Å². The average Bonchev–Trinajstić information content (AvgIpc) is 1.86. The zero-order valence-corrected chi connectivity index (χ0v) is 10.1. The van der Waals surface area contributed by atoms with Gasteiger partial charge < -0.3 is 17.0 Å². The molecule has 0 heterocycles. The molecule has 0 saturated carbocycles. The van der Waals surface area contributed by atoms with Gasteiger partial charge in [0.05, 0.1) is 0 Å². The van der Waals surface area contributed by atoms with Crippen molar-refractivity contribution < 1.29 is 30.2 Å². The van der Waals surface area contributed by atoms with Crippen LogP contribution in [-0.2, 0) is 6.18 Å². The molecule has 68 valence electrons. The zero-order valence-electron chi connectivity index (χ0n) is 6.33. The average molecular weight is 284 g/mol. The van der Waals surface area contributed by atoms with Crippen LogP contribution in [-0.4, -0.2) is 23.1 Å². The molecule has 0 aliphatic carbocycles. The molecule has 1 aromatic carbocycles. The quantitative estimate of drug-likeness (QED) is 0.456. The maximum absolute atomic E-state index is 11.9. The maximum Gasteiger partial charge on any atom is 2.00 e. The van der Waals surface area contributed by atoms with E-state index in [4.69, 9.17) is 11.6 Å². The summed E-state index contributed by atoms with van der Waals surface area (Å²) in [6.45, 7) is 0. The molecule has 0 aliphatic heterocycles. The molecule has 0 aliphatic rings. The summed E-state index contributed by atoms with van der Waals surface area (Å²) in [5.74, 6) is 0. The molecule has 0 saturated heterocycles. The number of rotatable bonds is 0. The Hall–Kier alpha value is 0.546. The van der Waals surface area contributed by atoms with Gasteiger partial charge in [-0.2, -0.15) is 31.4 Å². The summed E-state index contributed by atoms with van der Waals surface area (Å²) < 4.78 is 35.6. The number of alkyl halides is 3. The molecular formula is C7H3BrClF3Mg. The van der Waals surface area contributed by atoms with E-state index in [9.17, 15) is 13.2 Å². The largest absolute Gasteiger partial charge is 2.00 e. The predicted molar refractivity (Wildman–Crippen MR) is 41.0 cm³/mol. The van der Waals surface area contributed by atoms with E-state index in [0.717, 1.165) is 12.1 Å². The van der Waals surface area contributed by atoms with Gasteiger partial charge in [0.1, 0.15) is 0 Å². The molecule has 0 bridgehead atoms. The van der Waals surface area contributed by atoms with Crippen LogP contribution < -0.4 is 17.0 Å². The topological polar surface area (TPSA) is 0 Å². The third-order valence-electron chi connectivity index (χ3n) is 1.07. The second kappa shape index (κ2) is 6.11. The Labute approximate surface area is 105 Å². The second-order valence-electron chi connectivity index (χ2n) is 1.92. The first kappa shape index (κ1) is 16.0. The molecule has 0 aromatic heterocycles. The number of halogens is 5. The van der Waals surface area contributed by atoms with Crippen molar-refractivity contribution in [1.29, 1.82) is 0 Å². The SMILES string of the molecule is FC(F)(F)c1[c-]ccc(Cl)c1.[Br-].[Mg+2]. The van der Waals surface area contributed by atoms with E-state index >= 15 is 0 Å². The summed E-state index contributed by atoms with van der Waals surface area (Å²) in [6.07, 6.45) is -4.36. The molecular weight excluding hydrogens is 281 g/mol. The van der Waals surface area contributed by atoms with Gasteiger partial charge in [-0.05, 0) is 0 Å². The van der Waals surface area contributed by atoms with Crippen LogP contribution in [0.15, 0.2) is 18.2 Å². The van der Waals surface area contributed by atoms with Crippen molar-refractivity contribution in [3.8, 4) is 0 Å². The smallest absolute Gasteiger partial charge is 1.00 e. The Bertz CT molecular complexity index is 264. The molecule has 13 heavy (non-hydrogen) atoms. The Balaban J connectivity index is 0. The van der Waals surface area contributed by atoms with Crippen molar-refractivity contribution in [1.82, 2.24) is 0 Å². The maximum atomic E-state index is 11.9. The summed E-state index contributed by atoms with van der Waals surface area (Å²) in [7, 11) is 0. The second-order valence-corrected chi connectivity index (χ2v) is 2.35. The monoisotopic (exact) mass is 282 g/mol. The fourth-order valence-corrected chi connectivity index (χ4v) is 0.774. The minimum Gasteiger partial charge on any atom is -1.00 e. The molecule has 0 atom stereocenters. The van der Waals surface area contributed by atoms with Crippen LogP contribution in [0.1, 0.15) is 5.56 Å². The van der Waals surface area contributed by atoms with Crippen molar-refractivity contribution in [2.24, 2.45) is 0 Å². The van der Waals surface area contributed by atoms with Crippen LogP contribution >= 0.6 is 11.6 Å². The minimum absolute atomic E-state index is 0. The Morgan fingerprint density at radius 2 is 1.85 bits per heavy atom. The third-order valence-corrected chi connectivity index (χ3v) is 1.30. The van der Waals surface area contributed by atoms with Gasteiger partial charge in [0, 0.05) is 0 Å². The number of benzene rings is 1. The summed E-state index contributed by atoms with van der Waals surface area (Å²) in [5.41, 5.74) is -0.843. The number of hydrogen-bond donors (Lipinski definition) is 0. The van der Waals surface area contributed by atoms with E-state index in [1.165, 1.54) is 6.07 Å². The molecule has 0 amide bonds. The Kier molecular flexibility index (Phi) is 7.52. The normalized spacial score (nSPS) is 9.85. The number of hydrogen-bond acceptors (Lipinski definition) is 0. The molecule has 0 unspecified atom stereocenters. The van der Waals surface area contributed by atoms with Crippen LogP contribution in [0, 0.1) is 6.07 Å². The van der Waals surface area contributed by atoms with Crippen LogP contribution in [0.2, 0.25) is 5.02 Å². The third kappa shape index (κ3) is 5.10. The zero-order chi connectivity index (χ0) is 8.48. The van der Waals surface area contributed by atoms with Gasteiger partial charge in [0.2, 0.25) is 0 Å². The molecule has 0 radical (unpaired) electrons. The van der Waals surface area contributed by atoms with Crippen LogP contribution in [0.4, 0.5) is 13.2 Å². The summed E-state index contributed by atoms with van der Waals surface area (Å²) in [4.78, 5) is 0. The fraction of sp³-hybridized carbons (Fsp3) is 0.143. The van der Waals surface area contributed by atoms with Crippen LogP contribution in [0.25, 0.3) is 0 Å². The summed E-state index contributed by atoms with van der Waals surface area (Å²) in [6, 6.07) is 5.36. The molecule has 0 spiro atoms. The first-order valence-corrected chi connectivity index (χ1v) is 3.12. The molecule has 0 fully saturated rings. The molecule has 0 nitrogen and oxygen atoms in total. The standard InChI is InChI=1S/C7H3ClF3.BrH.Mg/c8-6-3-1-2-5(4-6)7(9,10)11;;/h1,3-4H;1H;/q-1;;+2/p-1. The fourth-order valence-electron chi connectivity index (χ4n) is 0.602. The summed E-state index contributed by atoms with van der Waals surface area (Å²) in [5, 5.41) is 0.0658. The van der Waals surface area contributed by atoms with Gasteiger partial charge in [-0.1, -0.05) is 10.6 Å². The first-order chi connectivity index (χ1) is 5.00. The molecule has 6 heteroatoms. The van der Waals surface area contributed by atoms with Crippen molar-refractivity contribution in [2.45, 2.75) is 6.18 Å². The van der Waals surface area contributed by atoms with E-state index in [2.05, 4.69) is 0 Å². The van der Waals surface area contributed by atoms with Gasteiger partial charge in [0.25, 0.3) is 0 Å². The van der Waals surface area contributed by atoms with Crippen molar-refractivity contribution >= 4 is 34.7 Å². The minimum atomic E-state index is -4.36. The van der Waals surface area contributed by atoms with Crippen molar-refractivity contribution in [3.05, 3.63) is 34.9 Å². The predicted octanol–water partition coefficient (Wildman–Crippen LogP) is -0.218. The first-order valence-electron chi connectivity index (χ1n) is 2.74. The molecule has 0 N–H and O–H groups in total. The van der Waals surface area contributed by atoms with E-state index in [1.807, 2.05) is 6.07 Å². The summed E-state index contributed by atoms with van der Waals surface area (Å²) >= 11 is 5.33. The Morgan fingerprint density at radius 3 is 2.15 bits per heavy atom. The van der Waals surface area contributed by atoms with E-state index < -0.39 is 11.7 Å². The van der Waals surface area contributed by atoms with E-state index in [1.54, 1.807) is 0 Å². The molecule has 1 rings (SSSR count).